The van der Waals surface area contributed by atoms with Gasteiger partial charge in [0.1, 0.15) is 24.2 Å². The number of aliphatic hydroxyl groups is 2. The van der Waals surface area contributed by atoms with Crippen molar-refractivity contribution in [3.8, 4) is 0 Å². The molecule has 192 valence electrons. The van der Waals surface area contributed by atoms with Crippen molar-refractivity contribution < 1.29 is 34.5 Å². The summed E-state index contributed by atoms with van der Waals surface area (Å²) in [6, 6.07) is 2.14. The normalized spacial score (nSPS) is 15.6. The average molecular weight is 492 g/mol. The molecule has 5 unspecified atom stereocenters. The molecule has 0 saturated heterocycles. The molecule has 0 fully saturated rings. The van der Waals surface area contributed by atoms with Crippen LogP contribution in [0.25, 0.3) is 10.9 Å². The molecule has 5 atom stereocenters. The summed E-state index contributed by atoms with van der Waals surface area (Å²) in [6.45, 7) is 3.82. The molecule has 2 rings (SSSR count). The molecular weight excluding hydrogens is 458 g/mol. The lowest BCUT2D eigenvalue weighted by Crippen LogP contribution is -2.60. The zero-order valence-electron chi connectivity index (χ0n) is 19.8. The third kappa shape index (κ3) is 7.25. The van der Waals surface area contributed by atoms with E-state index >= 15 is 0 Å². The summed E-state index contributed by atoms with van der Waals surface area (Å²) in [5.74, 6) is -4.14. The van der Waals surface area contributed by atoms with Crippen molar-refractivity contribution in [2.24, 2.45) is 11.7 Å². The number of rotatable bonds is 12. The molecule has 12 heteroatoms. The second-order valence-electron chi connectivity index (χ2n) is 8.70. The standard InChI is InChI=1S/C23H33N5O7/c1-11(2)19(28-21(32)18(24)12(3)30)22(33)27-17(10-29)20(31)26-16(23(34)35)8-13-9-25-15-7-5-4-6-14(13)15/h4-7,9,11-12,16-19,25,29-30H,8,10,24H2,1-3H3,(H,26,31)(H,27,33)(H,28,32)(H,34,35). The van der Waals surface area contributed by atoms with Gasteiger partial charge in [0.15, 0.2) is 0 Å². The lowest BCUT2D eigenvalue weighted by Gasteiger charge is -2.26. The van der Waals surface area contributed by atoms with E-state index in [1.807, 2.05) is 24.3 Å². The van der Waals surface area contributed by atoms with Crippen molar-refractivity contribution in [2.45, 2.75) is 57.5 Å². The molecule has 0 saturated carbocycles. The predicted octanol–water partition coefficient (Wildman–Crippen LogP) is -1.39. The minimum Gasteiger partial charge on any atom is -0.480 e. The smallest absolute Gasteiger partial charge is 0.326 e. The summed E-state index contributed by atoms with van der Waals surface area (Å²) < 4.78 is 0. The number of aromatic amines is 1. The van der Waals surface area contributed by atoms with Crippen molar-refractivity contribution in [3.05, 3.63) is 36.0 Å². The molecule has 0 aliphatic heterocycles. The fourth-order valence-electron chi connectivity index (χ4n) is 3.45. The highest BCUT2D eigenvalue weighted by molar-refractivity contribution is 5.94. The Bertz CT molecular complexity index is 1050. The van der Waals surface area contributed by atoms with Crippen LogP contribution in [0, 0.1) is 5.92 Å². The lowest BCUT2D eigenvalue weighted by atomic mass is 10.0. The highest BCUT2D eigenvalue weighted by atomic mass is 16.4. The van der Waals surface area contributed by atoms with E-state index in [0.29, 0.717) is 5.56 Å². The number of hydrogen-bond donors (Lipinski definition) is 8. The van der Waals surface area contributed by atoms with E-state index in [1.54, 1.807) is 20.0 Å². The minimum absolute atomic E-state index is 0.0287. The molecule has 0 radical (unpaired) electrons. The first-order chi connectivity index (χ1) is 16.5. The van der Waals surface area contributed by atoms with E-state index in [-0.39, 0.29) is 6.42 Å². The number of carbonyl (C=O) groups is 4. The third-order valence-electron chi connectivity index (χ3n) is 5.60. The number of benzene rings is 1. The molecule has 0 spiro atoms. The summed E-state index contributed by atoms with van der Waals surface area (Å²) in [4.78, 5) is 52.5. The topological polar surface area (TPSA) is 207 Å². The number of carboxylic acids is 1. The Labute approximate surface area is 202 Å². The van der Waals surface area contributed by atoms with Gasteiger partial charge in [-0.05, 0) is 24.5 Å². The van der Waals surface area contributed by atoms with Crippen molar-refractivity contribution >= 4 is 34.6 Å². The lowest BCUT2D eigenvalue weighted by molar-refractivity contribution is -0.142. The first kappa shape index (κ1) is 27.8. The number of aromatic nitrogens is 1. The summed E-state index contributed by atoms with van der Waals surface area (Å²) in [6.07, 6.45) is 0.484. The molecule has 1 aromatic heterocycles. The molecule has 1 heterocycles. The number of aliphatic carboxylic acids is 1. The van der Waals surface area contributed by atoms with Gasteiger partial charge in [-0.15, -0.1) is 0 Å². The number of aliphatic hydroxyl groups excluding tert-OH is 2. The number of carboxylic acid groups (broad SMARTS) is 1. The van der Waals surface area contributed by atoms with Crippen molar-refractivity contribution in [1.82, 2.24) is 20.9 Å². The fraction of sp³-hybridized carbons (Fsp3) is 0.478. The Morgan fingerprint density at radius 1 is 0.971 bits per heavy atom. The molecule has 0 aliphatic carbocycles. The van der Waals surface area contributed by atoms with E-state index in [0.717, 1.165) is 10.9 Å². The Balaban J connectivity index is 2.09. The van der Waals surface area contributed by atoms with Gasteiger partial charge in [-0.1, -0.05) is 32.0 Å². The van der Waals surface area contributed by atoms with E-state index in [2.05, 4.69) is 20.9 Å². The highest BCUT2D eigenvalue weighted by Gasteiger charge is 2.32. The maximum atomic E-state index is 12.8. The summed E-state index contributed by atoms with van der Waals surface area (Å²) in [7, 11) is 0. The molecule has 2 aromatic rings. The highest BCUT2D eigenvalue weighted by Crippen LogP contribution is 2.19. The summed E-state index contributed by atoms with van der Waals surface area (Å²) in [5.41, 5.74) is 7.09. The number of nitrogens with two attached hydrogens (primary N) is 1. The number of carbonyl (C=O) groups excluding carboxylic acids is 3. The van der Waals surface area contributed by atoms with Gasteiger partial charge in [-0.25, -0.2) is 4.79 Å². The number of para-hydroxylation sites is 1. The second kappa shape index (κ2) is 12.3. The molecule has 0 aliphatic rings. The SMILES string of the molecule is CC(C)C(NC(=O)C(N)C(C)O)C(=O)NC(CO)C(=O)NC(Cc1c[nH]c2ccccc12)C(=O)O. The fourth-order valence-corrected chi connectivity index (χ4v) is 3.45. The van der Waals surface area contributed by atoms with Crippen molar-refractivity contribution in [2.75, 3.05) is 6.61 Å². The molecule has 9 N–H and O–H groups in total. The third-order valence-corrected chi connectivity index (χ3v) is 5.60. The number of nitrogens with one attached hydrogen (secondary N) is 4. The van der Waals surface area contributed by atoms with E-state index in [9.17, 15) is 34.5 Å². The second-order valence-corrected chi connectivity index (χ2v) is 8.70. The predicted molar refractivity (Wildman–Crippen MR) is 127 cm³/mol. The first-order valence-corrected chi connectivity index (χ1v) is 11.2. The Kier molecular flexibility index (Phi) is 9.75. The van der Waals surface area contributed by atoms with Crippen LogP contribution in [0.3, 0.4) is 0 Å². The molecular formula is C23H33N5O7. The zero-order valence-corrected chi connectivity index (χ0v) is 19.8. The monoisotopic (exact) mass is 491 g/mol. The van der Waals surface area contributed by atoms with Crippen LogP contribution in [0.5, 0.6) is 0 Å². The van der Waals surface area contributed by atoms with Gasteiger partial charge >= 0.3 is 5.97 Å². The van der Waals surface area contributed by atoms with Gasteiger partial charge in [0.05, 0.1) is 12.7 Å². The van der Waals surface area contributed by atoms with Gasteiger partial charge in [0, 0.05) is 23.5 Å². The van der Waals surface area contributed by atoms with Gasteiger partial charge in [0.2, 0.25) is 17.7 Å². The van der Waals surface area contributed by atoms with Crippen LogP contribution in [0.2, 0.25) is 0 Å². The van der Waals surface area contributed by atoms with Crippen LogP contribution in [0.15, 0.2) is 30.5 Å². The summed E-state index contributed by atoms with van der Waals surface area (Å²) in [5, 5.41) is 36.7. The molecule has 3 amide bonds. The van der Waals surface area contributed by atoms with Crippen LogP contribution in [0.4, 0.5) is 0 Å². The number of H-pyrrole nitrogens is 1. The largest absolute Gasteiger partial charge is 0.480 e. The van der Waals surface area contributed by atoms with Crippen LogP contribution in [-0.4, -0.2) is 80.9 Å². The summed E-state index contributed by atoms with van der Waals surface area (Å²) >= 11 is 0. The van der Waals surface area contributed by atoms with Crippen LogP contribution in [0.1, 0.15) is 26.3 Å². The van der Waals surface area contributed by atoms with Crippen molar-refractivity contribution in [3.63, 3.8) is 0 Å². The average Bonchev–Trinajstić information content (AvgIpc) is 3.21. The zero-order chi connectivity index (χ0) is 26.3. The molecule has 0 bridgehead atoms. The number of fused-ring (bicyclic) bond motifs is 1. The van der Waals surface area contributed by atoms with E-state index in [1.165, 1.54) is 6.92 Å². The van der Waals surface area contributed by atoms with Gasteiger partial charge in [-0.2, -0.15) is 0 Å². The van der Waals surface area contributed by atoms with Crippen molar-refractivity contribution in [1.29, 1.82) is 0 Å². The molecule has 12 nitrogen and oxygen atoms in total. The van der Waals surface area contributed by atoms with Crippen LogP contribution < -0.4 is 21.7 Å². The number of hydrogen-bond acceptors (Lipinski definition) is 7. The quantitative estimate of drug-likeness (QED) is 0.177. The minimum atomic E-state index is -1.46. The number of amides is 3. The van der Waals surface area contributed by atoms with Gasteiger partial charge < -0.3 is 42.0 Å². The Morgan fingerprint density at radius 3 is 2.17 bits per heavy atom. The maximum absolute atomic E-state index is 12.8. The van der Waals surface area contributed by atoms with E-state index < -0.39 is 66.5 Å². The van der Waals surface area contributed by atoms with Crippen LogP contribution in [-0.2, 0) is 25.6 Å². The van der Waals surface area contributed by atoms with Gasteiger partial charge in [-0.3, -0.25) is 14.4 Å². The Hall–Kier alpha value is -3.48. The molecule has 1 aromatic carbocycles. The Morgan fingerprint density at radius 2 is 1.60 bits per heavy atom. The first-order valence-electron chi connectivity index (χ1n) is 11.2. The maximum Gasteiger partial charge on any atom is 0.326 e. The van der Waals surface area contributed by atoms with Gasteiger partial charge in [0.25, 0.3) is 0 Å². The van der Waals surface area contributed by atoms with Crippen LogP contribution >= 0.6 is 0 Å². The molecule has 35 heavy (non-hydrogen) atoms. The van der Waals surface area contributed by atoms with E-state index in [4.69, 9.17) is 5.73 Å².